The Morgan fingerprint density at radius 3 is 2.45 bits per heavy atom. The lowest BCUT2D eigenvalue weighted by molar-refractivity contribution is 0.0789. The van der Waals surface area contributed by atoms with Crippen molar-refractivity contribution in [2.45, 2.75) is 11.0 Å². The molecule has 3 aromatic rings. The third kappa shape index (κ3) is 4.92. The summed E-state index contributed by atoms with van der Waals surface area (Å²) in [7, 11) is -3.75. The number of hydrogen-bond donors (Lipinski definition) is 2. The number of nitrogens with one attached hydrogen (secondary N) is 2. The predicted molar refractivity (Wildman–Crippen MR) is 117 cm³/mol. The van der Waals surface area contributed by atoms with Crippen LogP contribution >= 0.6 is 11.6 Å². The number of rotatable bonds is 6. The Morgan fingerprint density at radius 1 is 1.00 bits per heavy atom. The first kappa shape index (κ1) is 21.0. The van der Waals surface area contributed by atoms with Crippen molar-refractivity contribution in [3.8, 4) is 11.5 Å². The summed E-state index contributed by atoms with van der Waals surface area (Å²) in [6.07, 6.45) is -0.338. The fraction of sp³-hybridized carbons (Fsp3) is 0.136. The maximum absolute atomic E-state index is 12.5. The van der Waals surface area contributed by atoms with Crippen molar-refractivity contribution in [1.29, 1.82) is 0 Å². The zero-order chi connectivity index (χ0) is 21.8. The van der Waals surface area contributed by atoms with E-state index in [9.17, 15) is 13.2 Å². The third-order valence-electron chi connectivity index (χ3n) is 4.58. The first-order valence-corrected chi connectivity index (χ1v) is 11.3. The van der Waals surface area contributed by atoms with Crippen LogP contribution in [0.3, 0.4) is 0 Å². The monoisotopic (exact) mass is 458 g/mol. The Bertz CT molecular complexity index is 1200. The van der Waals surface area contributed by atoms with E-state index in [-0.39, 0.29) is 33.8 Å². The molecule has 1 atom stereocenters. The molecule has 1 aliphatic rings. The maximum atomic E-state index is 12.5. The van der Waals surface area contributed by atoms with Gasteiger partial charge in [0.1, 0.15) is 12.7 Å². The van der Waals surface area contributed by atoms with Crippen LogP contribution in [0.25, 0.3) is 0 Å². The maximum Gasteiger partial charge on any atom is 0.261 e. The van der Waals surface area contributed by atoms with Crippen LogP contribution in [0.2, 0.25) is 5.02 Å². The summed E-state index contributed by atoms with van der Waals surface area (Å²) in [5.41, 5.74) is 0.479. The van der Waals surface area contributed by atoms with Gasteiger partial charge in [0.25, 0.3) is 15.9 Å². The molecule has 0 saturated heterocycles. The van der Waals surface area contributed by atoms with Gasteiger partial charge < -0.3 is 14.8 Å². The van der Waals surface area contributed by atoms with Crippen LogP contribution in [0.5, 0.6) is 11.5 Å². The topological polar surface area (TPSA) is 93.7 Å². The first-order chi connectivity index (χ1) is 14.9. The van der Waals surface area contributed by atoms with E-state index in [0.717, 1.165) is 0 Å². The van der Waals surface area contributed by atoms with Crippen LogP contribution in [-0.2, 0) is 10.0 Å². The lowest BCUT2D eigenvalue weighted by atomic mass is 10.2. The Labute approximate surface area is 185 Å². The summed E-state index contributed by atoms with van der Waals surface area (Å²) in [6, 6.07) is 19.6. The van der Waals surface area contributed by atoms with E-state index in [1.165, 1.54) is 30.3 Å². The van der Waals surface area contributed by atoms with Crippen LogP contribution in [0.1, 0.15) is 10.4 Å². The number of fused-ring (bicyclic) bond motifs is 1. The Balaban J connectivity index is 1.38. The number of amides is 1. The number of carbonyl (C=O) groups excluding carboxylic acids is 1. The van der Waals surface area contributed by atoms with Crippen molar-refractivity contribution < 1.29 is 22.7 Å². The third-order valence-corrected chi connectivity index (χ3v) is 6.29. The van der Waals surface area contributed by atoms with Crippen molar-refractivity contribution in [3.05, 3.63) is 83.4 Å². The molecule has 0 bridgehead atoms. The fourth-order valence-electron chi connectivity index (χ4n) is 3.04. The second-order valence-corrected chi connectivity index (χ2v) is 8.91. The highest BCUT2D eigenvalue weighted by Gasteiger charge is 2.22. The average Bonchev–Trinajstić information content (AvgIpc) is 2.78. The van der Waals surface area contributed by atoms with E-state index in [2.05, 4.69) is 10.0 Å². The van der Waals surface area contributed by atoms with Crippen LogP contribution in [0.4, 0.5) is 5.69 Å². The highest BCUT2D eigenvalue weighted by atomic mass is 35.5. The molecule has 0 aromatic heterocycles. The van der Waals surface area contributed by atoms with E-state index in [4.69, 9.17) is 21.1 Å². The molecule has 2 N–H and O–H groups in total. The SMILES string of the molecule is O=C(NC[C@@H]1COc2ccccc2O1)c1ccc(NS(=O)(=O)c2ccccc2)cc1Cl. The molecule has 9 heteroatoms. The molecule has 1 amide bonds. The highest BCUT2D eigenvalue weighted by molar-refractivity contribution is 7.92. The quantitative estimate of drug-likeness (QED) is 0.587. The molecular weight excluding hydrogens is 440 g/mol. The minimum Gasteiger partial charge on any atom is -0.486 e. The summed E-state index contributed by atoms with van der Waals surface area (Å²) >= 11 is 6.24. The van der Waals surface area contributed by atoms with Crippen molar-refractivity contribution in [2.75, 3.05) is 17.9 Å². The van der Waals surface area contributed by atoms with Gasteiger partial charge in [-0.3, -0.25) is 9.52 Å². The van der Waals surface area contributed by atoms with Gasteiger partial charge in [0, 0.05) is 0 Å². The molecule has 160 valence electrons. The van der Waals surface area contributed by atoms with Crippen molar-refractivity contribution in [3.63, 3.8) is 0 Å². The summed E-state index contributed by atoms with van der Waals surface area (Å²) in [5, 5.41) is 2.89. The lowest BCUT2D eigenvalue weighted by Gasteiger charge is -2.26. The molecule has 1 aliphatic heterocycles. The molecule has 3 aromatic carbocycles. The lowest BCUT2D eigenvalue weighted by Crippen LogP contribution is -2.40. The zero-order valence-electron chi connectivity index (χ0n) is 16.2. The molecule has 1 heterocycles. The number of hydrogen-bond acceptors (Lipinski definition) is 5. The average molecular weight is 459 g/mol. The van der Waals surface area contributed by atoms with Crippen molar-refractivity contribution in [2.24, 2.45) is 0 Å². The van der Waals surface area contributed by atoms with Gasteiger partial charge in [0.05, 0.1) is 27.7 Å². The molecule has 0 radical (unpaired) electrons. The summed E-state index contributed by atoms with van der Waals surface area (Å²) in [6.45, 7) is 0.539. The first-order valence-electron chi connectivity index (χ1n) is 9.46. The number of halogens is 1. The van der Waals surface area contributed by atoms with Gasteiger partial charge in [-0.1, -0.05) is 41.9 Å². The number of para-hydroxylation sites is 2. The minimum absolute atomic E-state index is 0.122. The van der Waals surface area contributed by atoms with Gasteiger partial charge in [-0.15, -0.1) is 0 Å². The highest BCUT2D eigenvalue weighted by Crippen LogP contribution is 2.30. The van der Waals surface area contributed by atoms with Crippen LogP contribution < -0.4 is 19.5 Å². The largest absolute Gasteiger partial charge is 0.486 e. The molecule has 0 aliphatic carbocycles. The standard InChI is InChI=1S/C22H19ClN2O5S/c23-19-12-15(25-31(27,28)17-6-2-1-3-7-17)10-11-18(19)22(26)24-13-16-14-29-20-8-4-5-9-21(20)30-16/h1-12,16,25H,13-14H2,(H,24,26)/t16-/m1/s1. The van der Waals surface area contributed by atoms with Crippen LogP contribution in [-0.4, -0.2) is 33.6 Å². The molecule has 31 heavy (non-hydrogen) atoms. The molecule has 0 fully saturated rings. The van der Waals surface area contributed by atoms with Gasteiger partial charge in [-0.05, 0) is 42.5 Å². The number of anilines is 1. The second kappa shape index (κ2) is 8.87. The number of benzene rings is 3. The van der Waals surface area contributed by atoms with E-state index in [1.807, 2.05) is 18.2 Å². The summed E-state index contributed by atoms with van der Waals surface area (Å²) < 4.78 is 38.8. The number of ether oxygens (including phenoxy) is 2. The second-order valence-electron chi connectivity index (χ2n) is 6.82. The van der Waals surface area contributed by atoms with E-state index in [1.54, 1.807) is 24.3 Å². The van der Waals surface area contributed by atoms with Gasteiger partial charge in [-0.2, -0.15) is 0 Å². The molecular formula is C22H19ClN2O5S. The van der Waals surface area contributed by atoms with Crippen LogP contribution in [0, 0.1) is 0 Å². The van der Waals surface area contributed by atoms with Gasteiger partial charge >= 0.3 is 0 Å². The number of carbonyl (C=O) groups is 1. The Morgan fingerprint density at radius 2 is 1.71 bits per heavy atom. The smallest absolute Gasteiger partial charge is 0.261 e. The van der Waals surface area contributed by atoms with Gasteiger partial charge in [-0.25, -0.2) is 8.42 Å². The van der Waals surface area contributed by atoms with Crippen LogP contribution in [0.15, 0.2) is 77.7 Å². The van der Waals surface area contributed by atoms with E-state index in [0.29, 0.717) is 18.1 Å². The molecule has 0 unspecified atom stereocenters. The zero-order valence-corrected chi connectivity index (χ0v) is 17.8. The normalized spacial score (nSPS) is 15.2. The predicted octanol–water partition coefficient (Wildman–Crippen LogP) is 3.71. The Hall–Kier alpha value is -3.23. The Kier molecular flexibility index (Phi) is 6.01. The van der Waals surface area contributed by atoms with Gasteiger partial charge in [0.2, 0.25) is 0 Å². The summed E-state index contributed by atoms with van der Waals surface area (Å²) in [5.74, 6) is 0.896. The molecule has 0 saturated carbocycles. The van der Waals surface area contributed by atoms with E-state index < -0.39 is 15.9 Å². The van der Waals surface area contributed by atoms with Crippen molar-refractivity contribution >= 4 is 33.2 Å². The molecule has 0 spiro atoms. The molecule has 7 nitrogen and oxygen atoms in total. The summed E-state index contributed by atoms with van der Waals surface area (Å²) in [4.78, 5) is 12.7. The fourth-order valence-corrected chi connectivity index (χ4v) is 4.38. The minimum atomic E-state index is -3.75. The molecule has 4 rings (SSSR count). The van der Waals surface area contributed by atoms with Gasteiger partial charge in [0.15, 0.2) is 11.5 Å². The van der Waals surface area contributed by atoms with Crippen molar-refractivity contribution in [1.82, 2.24) is 5.32 Å². The number of sulfonamides is 1. The van der Waals surface area contributed by atoms with E-state index >= 15 is 0 Å².